The topological polar surface area (TPSA) is 57.7 Å². The first-order valence-corrected chi connectivity index (χ1v) is 12.7. The van der Waals surface area contributed by atoms with Crippen molar-refractivity contribution in [3.63, 3.8) is 0 Å². The Kier molecular flexibility index (Phi) is 7.72. The van der Waals surface area contributed by atoms with E-state index in [-0.39, 0.29) is 16.1 Å². The van der Waals surface area contributed by atoms with Gasteiger partial charge in [-0.15, -0.1) is 0 Å². The molecule has 0 aliphatic carbocycles. The molecule has 0 aromatic heterocycles. The molecule has 1 aliphatic rings. The van der Waals surface area contributed by atoms with Crippen molar-refractivity contribution in [2.24, 2.45) is 0 Å². The number of thioether (sulfide) groups is 1. The molecule has 1 atom stereocenters. The summed E-state index contributed by atoms with van der Waals surface area (Å²) in [4.78, 5) is 14.8. The number of carbonyl (C=O) groups is 1. The SMILES string of the molecule is CCN(CC)S(=O)(=O)c1ccc(C(=O)N2CCSC(c3cc(F)ccc3F)CC2)cc1. The Morgan fingerprint density at radius 1 is 1.10 bits per heavy atom. The molecule has 9 heteroatoms. The van der Waals surface area contributed by atoms with E-state index in [0.717, 1.165) is 12.1 Å². The molecule has 0 spiro atoms. The van der Waals surface area contributed by atoms with Crippen LogP contribution in [0.25, 0.3) is 0 Å². The number of rotatable bonds is 6. The van der Waals surface area contributed by atoms with Crippen molar-refractivity contribution in [1.29, 1.82) is 0 Å². The largest absolute Gasteiger partial charge is 0.338 e. The van der Waals surface area contributed by atoms with Gasteiger partial charge in [-0.1, -0.05) is 13.8 Å². The standard InChI is InChI=1S/C22H26F2N2O3S2/c1-3-26(4-2)31(28,29)18-8-5-16(6-9-18)22(27)25-12-11-21(30-14-13-25)19-15-17(23)7-10-20(19)24/h5-10,15,21H,3-4,11-14H2,1-2H3. The lowest BCUT2D eigenvalue weighted by Crippen LogP contribution is -2.33. The van der Waals surface area contributed by atoms with Gasteiger partial charge in [-0.2, -0.15) is 16.1 Å². The van der Waals surface area contributed by atoms with Crippen LogP contribution in [-0.4, -0.2) is 55.5 Å². The molecule has 0 N–H and O–H groups in total. The molecule has 31 heavy (non-hydrogen) atoms. The van der Waals surface area contributed by atoms with Crippen LogP contribution < -0.4 is 0 Å². The van der Waals surface area contributed by atoms with Gasteiger partial charge in [0, 0.05) is 48.3 Å². The van der Waals surface area contributed by atoms with E-state index in [9.17, 15) is 22.0 Å². The maximum atomic E-state index is 14.1. The first-order chi connectivity index (χ1) is 14.8. The van der Waals surface area contributed by atoms with Crippen LogP contribution in [-0.2, 0) is 10.0 Å². The highest BCUT2D eigenvalue weighted by Crippen LogP contribution is 2.36. The molecule has 168 valence electrons. The summed E-state index contributed by atoms with van der Waals surface area (Å²) in [7, 11) is -3.58. The highest BCUT2D eigenvalue weighted by atomic mass is 32.2. The second-order valence-electron chi connectivity index (χ2n) is 7.22. The third-order valence-corrected chi connectivity index (χ3v) is 8.75. The number of carbonyl (C=O) groups excluding carboxylic acids is 1. The van der Waals surface area contributed by atoms with Crippen molar-refractivity contribution in [1.82, 2.24) is 9.21 Å². The number of hydrogen-bond acceptors (Lipinski definition) is 4. The summed E-state index contributed by atoms with van der Waals surface area (Å²) in [5.74, 6) is -0.522. The van der Waals surface area contributed by atoms with Crippen molar-refractivity contribution in [2.75, 3.05) is 31.9 Å². The average Bonchev–Trinajstić information content (AvgIpc) is 3.02. The summed E-state index contributed by atoms with van der Waals surface area (Å²) < 4.78 is 54.3. The number of nitrogens with zero attached hydrogens (tertiary/aromatic N) is 2. The zero-order valence-corrected chi connectivity index (χ0v) is 19.2. The maximum absolute atomic E-state index is 14.1. The highest BCUT2D eigenvalue weighted by molar-refractivity contribution is 7.99. The Bertz CT molecular complexity index is 1030. The fourth-order valence-corrected chi connectivity index (χ4v) is 6.35. The molecular weight excluding hydrogens is 442 g/mol. The van der Waals surface area contributed by atoms with Gasteiger partial charge in [0.2, 0.25) is 10.0 Å². The molecule has 2 aromatic carbocycles. The van der Waals surface area contributed by atoms with Crippen LogP contribution in [0.5, 0.6) is 0 Å². The van der Waals surface area contributed by atoms with Crippen LogP contribution in [0.3, 0.4) is 0 Å². The van der Waals surface area contributed by atoms with Crippen molar-refractivity contribution < 1.29 is 22.0 Å². The van der Waals surface area contributed by atoms with E-state index in [1.54, 1.807) is 18.7 Å². The molecule has 1 aliphatic heterocycles. The zero-order valence-electron chi connectivity index (χ0n) is 17.6. The molecule has 2 aromatic rings. The fourth-order valence-electron chi connectivity index (χ4n) is 3.65. The Morgan fingerprint density at radius 2 is 1.77 bits per heavy atom. The van der Waals surface area contributed by atoms with Gasteiger partial charge in [0.05, 0.1) is 4.90 Å². The van der Waals surface area contributed by atoms with Crippen LogP contribution in [0.15, 0.2) is 47.4 Å². The molecule has 1 saturated heterocycles. The van der Waals surface area contributed by atoms with E-state index < -0.39 is 21.7 Å². The van der Waals surface area contributed by atoms with Crippen LogP contribution in [0, 0.1) is 11.6 Å². The van der Waals surface area contributed by atoms with Crippen molar-refractivity contribution in [3.8, 4) is 0 Å². The van der Waals surface area contributed by atoms with Gasteiger partial charge < -0.3 is 4.90 Å². The summed E-state index contributed by atoms with van der Waals surface area (Å²) in [6.07, 6.45) is 0.505. The lowest BCUT2D eigenvalue weighted by Gasteiger charge is -2.21. The van der Waals surface area contributed by atoms with E-state index in [1.165, 1.54) is 46.4 Å². The zero-order chi connectivity index (χ0) is 22.6. The molecule has 1 heterocycles. The molecule has 5 nitrogen and oxygen atoms in total. The number of amides is 1. The number of hydrogen-bond donors (Lipinski definition) is 0. The summed E-state index contributed by atoms with van der Waals surface area (Å²) in [6, 6.07) is 9.42. The Labute approximate surface area is 186 Å². The number of sulfonamides is 1. The molecule has 0 bridgehead atoms. The number of benzene rings is 2. The van der Waals surface area contributed by atoms with Gasteiger partial charge in [0.1, 0.15) is 11.6 Å². The van der Waals surface area contributed by atoms with Crippen molar-refractivity contribution in [3.05, 3.63) is 65.2 Å². The minimum Gasteiger partial charge on any atom is -0.338 e. The van der Waals surface area contributed by atoms with Gasteiger partial charge in [-0.05, 0) is 48.9 Å². The first kappa shape index (κ1) is 23.7. The van der Waals surface area contributed by atoms with E-state index >= 15 is 0 Å². The van der Waals surface area contributed by atoms with Gasteiger partial charge in [0.25, 0.3) is 5.91 Å². The molecule has 0 radical (unpaired) electrons. The third kappa shape index (κ3) is 5.27. The predicted molar refractivity (Wildman–Crippen MR) is 119 cm³/mol. The van der Waals surface area contributed by atoms with Crippen LogP contribution in [0.1, 0.15) is 41.4 Å². The monoisotopic (exact) mass is 468 g/mol. The summed E-state index contributed by atoms with van der Waals surface area (Å²) in [5, 5.41) is -0.227. The molecule has 1 amide bonds. The van der Waals surface area contributed by atoms with Crippen LogP contribution >= 0.6 is 11.8 Å². The van der Waals surface area contributed by atoms with E-state index in [0.29, 0.717) is 49.5 Å². The second kappa shape index (κ2) is 10.1. The van der Waals surface area contributed by atoms with Gasteiger partial charge >= 0.3 is 0 Å². The van der Waals surface area contributed by atoms with Crippen molar-refractivity contribution in [2.45, 2.75) is 30.4 Å². The quantitative estimate of drug-likeness (QED) is 0.634. The Hall–Kier alpha value is -1.97. The normalized spacial score (nSPS) is 17.6. The summed E-state index contributed by atoms with van der Waals surface area (Å²) >= 11 is 1.50. The van der Waals surface area contributed by atoms with Gasteiger partial charge in [-0.25, -0.2) is 17.2 Å². The van der Waals surface area contributed by atoms with Crippen LogP contribution in [0.4, 0.5) is 8.78 Å². The Morgan fingerprint density at radius 3 is 2.42 bits per heavy atom. The van der Waals surface area contributed by atoms with Crippen molar-refractivity contribution >= 4 is 27.7 Å². The highest BCUT2D eigenvalue weighted by Gasteiger charge is 2.26. The van der Waals surface area contributed by atoms with E-state index in [2.05, 4.69) is 0 Å². The smallest absolute Gasteiger partial charge is 0.253 e. The van der Waals surface area contributed by atoms with Gasteiger partial charge in [0.15, 0.2) is 0 Å². The summed E-state index contributed by atoms with van der Waals surface area (Å²) in [5.41, 5.74) is 0.726. The second-order valence-corrected chi connectivity index (χ2v) is 10.5. The van der Waals surface area contributed by atoms with E-state index in [4.69, 9.17) is 0 Å². The fraction of sp³-hybridized carbons (Fsp3) is 0.409. The first-order valence-electron chi connectivity index (χ1n) is 10.2. The van der Waals surface area contributed by atoms with Gasteiger partial charge in [-0.3, -0.25) is 4.79 Å². The summed E-state index contributed by atoms with van der Waals surface area (Å²) in [6.45, 7) is 5.19. The molecule has 1 fully saturated rings. The predicted octanol–water partition coefficient (Wildman–Crippen LogP) is 4.32. The molecular formula is C22H26F2N2O3S2. The molecule has 0 saturated carbocycles. The minimum atomic E-state index is -3.58. The third-order valence-electron chi connectivity index (χ3n) is 5.38. The Balaban J connectivity index is 1.71. The lowest BCUT2D eigenvalue weighted by molar-refractivity contribution is 0.0766. The minimum absolute atomic E-state index is 0.154. The average molecular weight is 469 g/mol. The van der Waals surface area contributed by atoms with Crippen LogP contribution in [0.2, 0.25) is 0 Å². The lowest BCUT2D eigenvalue weighted by atomic mass is 10.1. The maximum Gasteiger partial charge on any atom is 0.253 e. The number of halogens is 2. The molecule has 3 rings (SSSR count). The van der Waals surface area contributed by atoms with E-state index in [1.807, 2.05) is 0 Å². The molecule has 1 unspecified atom stereocenters.